The number of nitrogens with zero attached hydrogens (tertiary/aromatic N) is 4. The van der Waals surface area contributed by atoms with Crippen LogP contribution in [0.25, 0.3) is 38.8 Å². The Bertz CT molecular complexity index is 3110. The molecule has 2 aromatic heterocycles. The van der Waals surface area contributed by atoms with Gasteiger partial charge in [0.25, 0.3) is 0 Å². The Kier molecular flexibility index (Phi) is 12.5. The van der Waals surface area contributed by atoms with E-state index in [0.29, 0.717) is 11.5 Å². The Morgan fingerprint density at radius 1 is 0.471 bits per heavy atom. The largest absolute Gasteiger partial charge is 0.509 e. The van der Waals surface area contributed by atoms with Crippen LogP contribution in [-0.2, 0) is 48.1 Å². The van der Waals surface area contributed by atoms with Gasteiger partial charge in [0, 0.05) is 61.3 Å². The SMILES string of the molecule is CC(C)(C)c1cc(-c2ccc3c4ccc(Oc5[c-]c(N6[CH-]N(c7cc(C(C)(C)C)cc(C(C)(C)C)c7)c7ccccc76)ccc5)[c-]c4n(-c4cc(C(C)(C)C)ccn4)c3c2)cc(C(C)(C)C)c1.[Pt]. The maximum atomic E-state index is 6.74. The van der Waals surface area contributed by atoms with E-state index in [1.165, 1.54) is 38.9 Å². The van der Waals surface area contributed by atoms with Gasteiger partial charge >= 0.3 is 0 Å². The Morgan fingerprint density at radius 3 is 1.60 bits per heavy atom. The summed E-state index contributed by atoms with van der Waals surface area (Å²) in [6.45, 7) is 36.4. The van der Waals surface area contributed by atoms with E-state index in [2.05, 4.69) is 240 Å². The van der Waals surface area contributed by atoms with Gasteiger partial charge in [-0.25, -0.2) is 4.98 Å². The second kappa shape index (κ2) is 17.4. The zero-order valence-corrected chi connectivity index (χ0v) is 45.0. The normalized spacial score (nSPS) is 13.6. The summed E-state index contributed by atoms with van der Waals surface area (Å²) in [5, 5.41) is 2.22. The van der Waals surface area contributed by atoms with Crippen LogP contribution in [0.2, 0.25) is 0 Å². The van der Waals surface area contributed by atoms with Crippen molar-refractivity contribution in [3.8, 4) is 28.4 Å². The van der Waals surface area contributed by atoms with E-state index in [1.54, 1.807) is 0 Å². The van der Waals surface area contributed by atoms with Crippen molar-refractivity contribution in [3.63, 3.8) is 0 Å². The first-order valence-electron chi connectivity index (χ1n) is 23.9. The molecule has 1 aliphatic rings. The fraction of sp³-hybridized carbons (Fsp3) is 0.323. The number of ether oxygens (including phenoxy) is 1. The van der Waals surface area contributed by atoms with Crippen LogP contribution < -0.4 is 14.5 Å². The third-order valence-corrected chi connectivity index (χ3v) is 13.3. The molecule has 6 heteroatoms. The molecule has 354 valence electrons. The fourth-order valence-corrected chi connectivity index (χ4v) is 8.95. The minimum Gasteiger partial charge on any atom is -0.509 e. The number of para-hydroxylation sites is 2. The molecular formula is C62H67N4OPt-3. The van der Waals surface area contributed by atoms with Crippen molar-refractivity contribution >= 4 is 44.6 Å². The molecule has 0 atom stereocenters. The second-order valence-electron chi connectivity index (χ2n) is 23.7. The van der Waals surface area contributed by atoms with Gasteiger partial charge in [-0.3, -0.25) is 0 Å². The van der Waals surface area contributed by atoms with Gasteiger partial charge < -0.3 is 19.1 Å². The first kappa shape index (κ1) is 48.8. The predicted octanol–water partition coefficient (Wildman–Crippen LogP) is 17.1. The standard InChI is InChI=1S/C62H67N4O.Pt/c1-58(2,3)42-27-28-63-57(36-42)66-55-31-40(41-29-43(59(4,5)6)32-44(30-41)60(7,8)9)23-25-51(55)52-26-24-50(38-56(52)66)67-49-20-18-19-47(37-49)64-39-65(54-22-17-16-21-53(54)64)48-34-45(61(10,11)12)33-46(35-48)62(13,14)15;/h16-36,39H,1-15H3;/q-3;. The third-order valence-electron chi connectivity index (χ3n) is 13.3. The number of aromatic nitrogens is 2. The van der Waals surface area contributed by atoms with E-state index in [1.807, 2.05) is 24.4 Å². The van der Waals surface area contributed by atoms with Gasteiger partial charge in [0.2, 0.25) is 0 Å². The van der Waals surface area contributed by atoms with E-state index in [0.717, 1.165) is 50.4 Å². The molecule has 0 bridgehead atoms. The summed E-state index contributed by atoms with van der Waals surface area (Å²) in [6, 6.07) is 51.6. The molecule has 0 amide bonds. The Hall–Kier alpha value is -5.64. The third kappa shape index (κ3) is 9.53. The number of anilines is 4. The van der Waals surface area contributed by atoms with Gasteiger partial charge in [0.05, 0.1) is 0 Å². The van der Waals surface area contributed by atoms with Crippen molar-refractivity contribution in [1.29, 1.82) is 0 Å². The van der Waals surface area contributed by atoms with Gasteiger partial charge in [0.15, 0.2) is 0 Å². The van der Waals surface area contributed by atoms with Gasteiger partial charge in [0.1, 0.15) is 5.82 Å². The van der Waals surface area contributed by atoms with E-state index in [4.69, 9.17) is 9.72 Å². The number of pyridine rings is 1. The number of hydrogen-bond acceptors (Lipinski definition) is 4. The summed E-state index contributed by atoms with van der Waals surface area (Å²) >= 11 is 0. The summed E-state index contributed by atoms with van der Waals surface area (Å²) in [4.78, 5) is 9.54. The fourth-order valence-electron chi connectivity index (χ4n) is 8.95. The van der Waals surface area contributed by atoms with Crippen LogP contribution >= 0.6 is 0 Å². The first-order valence-corrected chi connectivity index (χ1v) is 23.9. The molecule has 68 heavy (non-hydrogen) atoms. The molecular weight excluding hydrogens is 1010 g/mol. The van der Waals surface area contributed by atoms with Crippen LogP contribution in [0.4, 0.5) is 22.7 Å². The summed E-state index contributed by atoms with van der Waals surface area (Å²) in [6.07, 6.45) is 1.93. The molecule has 0 unspecified atom stereocenters. The monoisotopic (exact) mass is 1080 g/mol. The average molecular weight is 1080 g/mol. The van der Waals surface area contributed by atoms with Crippen LogP contribution in [0.1, 0.15) is 132 Å². The molecule has 6 aromatic carbocycles. The summed E-state index contributed by atoms with van der Waals surface area (Å²) in [7, 11) is 0. The molecule has 0 fully saturated rings. The summed E-state index contributed by atoms with van der Waals surface area (Å²) < 4.78 is 9.00. The molecule has 0 spiro atoms. The van der Waals surface area contributed by atoms with Crippen molar-refractivity contribution in [2.24, 2.45) is 0 Å². The number of hydrogen-bond donors (Lipinski definition) is 0. The van der Waals surface area contributed by atoms with Crippen molar-refractivity contribution in [1.82, 2.24) is 9.55 Å². The number of rotatable bonds is 6. The quantitative estimate of drug-likeness (QED) is 0.155. The molecule has 5 nitrogen and oxygen atoms in total. The maximum absolute atomic E-state index is 6.74. The van der Waals surface area contributed by atoms with Crippen molar-refractivity contribution < 1.29 is 25.8 Å². The molecule has 0 aliphatic carbocycles. The Morgan fingerprint density at radius 2 is 1.01 bits per heavy atom. The molecule has 9 rings (SSSR count). The predicted molar refractivity (Wildman–Crippen MR) is 283 cm³/mol. The molecule has 0 radical (unpaired) electrons. The molecule has 1 aliphatic heterocycles. The molecule has 8 aromatic rings. The molecule has 3 heterocycles. The summed E-state index contributed by atoms with van der Waals surface area (Å²) in [5.41, 5.74) is 15.0. The zero-order chi connectivity index (χ0) is 48.0. The average Bonchev–Trinajstić information content (AvgIpc) is 3.80. The minimum atomic E-state index is -0.0622. The smallest absolute Gasteiger partial charge is 0.135 e. The number of benzene rings is 6. The van der Waals surface area contributed by atoms with Crippen LogP contribution in [0.3, 0.4) is 0 Å². The molecule has 0 N–H and O–H groups in total. The van der Waals surface area contributed by atoms with E-state index >= 15 is 0 Å². The topological polar surface area (TPSA) is 33.5 Å². The second-order valence-corrected chi connectivity index (χ2v) is 23.7. The van der Waals surface area contributed by atoms with Gasteiger partial charge in [-0.15, -0.1) is 48.1 Å². The minimum absolute atomic E-state index is 0. The van der Waals surface area contributed by atoms with Gasteiger partial charge in [-0.05, 0) is 114 Å². The summed E-state index contributed by atoms with van der Waals surface area (Å²) in [5.74, 6) is 2.06. The van der Waals surface area contributed by atoms with Crippen molar-refractivity contribution in [2.45, 2.75) is 131 Å². The van der Waals surface area contributed by atoms with Crippen molar-refractivity contribution in [3.05, 3.63) is 174 Å². The Balaban J connectivity index is 0.00000625. The van der Waals surface area contributed by atoms with E-state index < -0.39 is 0 Å². The molecule has 0 saturated carbocycles. The Labute approximate surface area is 420 Å². The van der Waals surface area contributed by atoms with Crippen LogP contribution in [0.15, 0.2) is 128 Å². The van der Waals surface area contributed by atoms with Crippen LogP contribution in [0, 0.1) is 18.8 Å². The first-order chi connectivity index (χ1) is 31.3. The van der Waals surface area contributed by atoms with Crippen LogP contribution in [0.5, 0.6) is 11.5 Å². The number of fused-ring (bicyclic) bond motifs is 4. The van der Waals surface area contributed by atoms with E-state index in [-0.39, 0.29) is 48.1 Å². The zero-order valence-electron chi connectivity index (χ0n) is 42.7. The van der Waals surface area contributed by atoms with Gasteiger partial charge in [-0.2, -0.15) is 12.1 Å². The maximum Gasteiger partial charge on any atom is 0.135 e. The van der Waals surface area contributed by atoms with E-state index in [9.17, 15) is 0 Å². The van der Waals surface area contributed by atoms with Crippen molar-refractivity contribution in [2.75, 3.05) is 9.80 Å². The van der Waals surface area contributed by atoms with Gasteiger partial charge in [-0.1, -0.05) is 158 Å². The van der Waals surface area contributed by atoms with Crippen LogP contribution in [-0.4, -0.2) is 9.55 Å². The molecule has 0 saturated heterocycles.